The predicted octanol–water partition coefficient (Wildman–Crippen LogP) is 4.41. The van der Waals surface area contributed by atoms with E-state index < -0.39 is 11.5 Å². The molecule has 1 saturated carbocycles. The molecule has 1 aliphatic carbocycles. The first-order valence-electron chi connectivity index (χ1n) is 6.02. The number of nitrogens with zero attached hydrogens (tertiary/aromatic N) is 1. The lowest BCUT2D eigenvalue weighted by Gasteiger charge is -2.30. The van der Waals surface area contributed by atoms with Crippen molar-refractivity contribution in [3.05, 3.63) is 20.8 Å². The van der Waals surface area contributed by atoms with Crippen molar-refractivity contribution in [2.75, 3.05) is 0 Å². The molecule has 2 nitrogen and oxygen atoms in total. The third-order valence-electron chi connectivity index (χ3n) is 3.63. The molecule has 2 rings (SSSR count). The average molecular weight is 314 g/mol. The Balaban J connectivity index is 2.28. The van der Waals surface area contributed by atoms with Gasteiger partial charge in [-0.1, -0.05) is 25.7 Å². The van der Waals surface area contributed by atoms with Crippen molar-refractivity contribution in [1.82, 2.24) is 0 Å². The average Bonchev–Trinajstić information content (AvgIpc) is 2.64. The quantitative estimate of drug-likeness (QED) is 0.822. The molecule has 1 N–H and O–H groups in total. The van der Waals surface area contributed by atoms with Crippen molar-refractivity contribution < 1.29 is 5.11 Å². The van der Waals surface area contributed by atoms with Gasteiger partial charge in [-0.3, -0.25) is 0 Å². The maximum atomic E-state index is 10.5. The molecule has 4 heteroatoms. The van der Waals surface area contributed by atoms with Crippen molar-refractivity contribution in [2.45, 2.75) is 44.6 Å². The Morgan fingerprint density at radius 1 is 1.35 bits per heavy atom. The summed E-state index contributed by atoms with van der Waals surface area (Å²) in [5.74, 6) is 0. The van der Waals surface area contributed by atoms with Crippen LogP contribution in [0.4, 0.5) is 0 Å². The molecule has 1 heterocycles. The third-order valence-corrected chi connectivity index (χ3v) is 5.56. The molecule has 0 bridgehead atoms. The van der Waals surface area contributed by atoms with Gasteiger partial charge in [-0.25, -0.2) is 0 Å². The Bertz CT molecular complexity index is 415. The van der Waals surface area contributed by atoms with E-state index in [9.17, 15) is 10.4 Å². The van der Waals surface area contributed by atoms with E-state index in [1.807, 2.05) is 11.4 Å². The molecule has 0 amide bonds. The van der Waals surface area contributed by atoms with E-state index in [-0.39, 0.29) is 0 Å². The molecule has 1 aromatic rings. The smallest absolute Gasteiger partial charge is 0.108 e. The normalized spacial score (nSPS) is 21.5. The van der Waals surface area contributed by atoms with Crippen LogP contribution in [0.1, 0.15) is 49.5 Å². The first-order valence-corrected chi connectivity index (χ1v) is 7.69. The van der Waals surface area contributed by atoms with Crippen LogP contribution < -0.4 is 0 Å². The van der Waals surface area contributed by atoms with Crippen LogP contribution in [0.5, 0.6) is 0 Å². The topological polar surface area (TPSA) is 44.0 Å². The summed E-state index contributed by atoms with van der Waals surface area (Å²) in [7, 11) is 0. The Kier molecular flexibility index (Phi) is 4.24. The molecule has 0 radical (unpaired) electrons. The predicted molar refractivity (Wildman–Crippen MR) is 72.7 cm³/mol. The molecular weight excluding hydrogens is 298 g/mol. The minimum absolute atomic E-state index is 0.579. The number of thiophene rings is 1. The van der Waals surface area contributed by atoms with Gasteiger partial charge in [0.2, 0.25) is 0 Å². The Labute approximate surface area is 114 Å². The van der Waals surface area contributed by atoms with E-state index in [0.717, 1.165) is 35.0 Å². The fourth-order valence-electron chi connectivity index (χ4n) is 2.56. The van der Waals surface area contributed by atoms with E-state index in [0.29, 0.717) is 0 Å². The molecule has 0 aromatic carbocycles. The fraction of sp³-hybridized carbons (Fsp3) is 0.615. The molecule has 1 aliphatic rings. The molecular formula is C13H16BrNOS. The minimum atomic E-state index is -0.653. The summed E-state index contributed by atoms with van der Waals surface area (Å²) >= 11 is 4.97. The van der Waals surface area contributed by atoms with Crippen LogP contribution >= 0.6 is 27.3 Å². The standard InChI is InChI=1S/C13H16BrNOS/c14-10-5-8-17-11(10)12(16)13(9-15)6-3-1-2-4-7-13/h5,8,12,16H,1-4,6-7H2. The van der Waals surface area contributed by atoms with Gasteiger partial charge in [0.15, 0.2) is 0 Å². The number of rotatable bonds is 2. The van der Waals surface area contributed by atoms with Crippen molar-refractivity contribution in [3.8, 4) is 6.07 Å². The van der Waals surface area contributed by atoms with Gasteiger partial charge in [-0.15, -0.1) is 11.3 Å². The van der Waals surface area contributed by atoms with Crippen LogP contribution in [0, 0.1) is 16.7 Å². The highest BCUT2D eigenvalue weighted by atomic mass is 79.9. The summed E-state index contributed by atoms with van der Waals surface area (Å²) in [5, 5.41) is 22.0. The number of aliphatic hydroxyl groups excluding tert-OH is 1. The number of hydrogen-bond donors (Lipinski definition) is 1. The van der Waals surface area contributed by atoms with Crippen LogP contribution in [-0.2, 0) is 0 Å². The van der Waals surface area contributed by atoms with E-state index in [1.54, 1.807) is 0 Å². The highest BCUT2D eigenvalue weighted by molar-refractivity contribution is 9.10. The maximum absolute atomic E-state index is 10.5. The molecule has 0 spiro atoms. The summed E-state index contributed by atoms with van der Waals surface area (Å²) in [4.78, 5) is 0.897. The second kappa shape index (κ2) is 5.51. The Morgan fingerprint density at radius 3 is 2.47 bits per heavy atom. The van der Waals surface area contributed by atoms with Crippen molar-refractivity contribution in [2.24, 2.45) is 5.41 Å². The zero-order chi connectivity index (χ0) is 12.3. The SMILES string of the molecule is N#CC1(C(O)c2sccc2Br)CCCCCC1. The third kappa shape index (κ3) is 2.57. The van der Waals surface area contributed by atoms with Gasteiger partial charge < -0.3 is 5.11 Å². The fourth-order valence-corrected chi connectivity index (χ4v) is 4.25. The first kappa shape index (κ1) is 13.1. The van der Waals surface area contributed by atoms with Gasteiger partial charge >= 0.3 is 0 Å². The number of halogens is 1. The van der Waals surface area contributed by atoms with Crippen molar-refractivity contribution >= 4 is 27.3 Å². The summed E-state index contributed by atoms with van der Waals surface area (Å²) in [6, 6.07) is 4.34. The zero-order valence-corrected chi connectivity index (χ0v) is 12.1. The lowest BCUT2D eigenvalue weighted by atomic mass is 9.76. The van der Waals surface area contributed by atoms with Crippen LogP contribution in [0.2, 0.25) is 0 Å². The first-order chi connectivity index (χ1) is 8.19. The van der Waals surface area contributed by atoms with Crippen LogP contribution in [0.15, 0.2) is 15.9 Å². The van der Waals surface area contributed by atoms with E-state index in [2.05, 4.69) is 22.0 Å². The summed E-state index contributed by atoms with van der Waals surface area (Å²) in [6.45, 7) is 0. The molecule has 1 fully saturated rings. The maximum Gasteiger partial charge on any atom is 0.108 e. The lowest BCUT2D eigenvalue weighted by Crippen LogP contribution is -2.26. The molecule has 1 aromatic heterocycles. The van der Waals surface area contributed by atoms with Gasteiger partial charge in [-0.05, 0) is 40.2 Å². The Morgan fingerprint density at radius 2 is 2.00 bits per heavy atom. The second-order valence-electron chi connectivity index (χ2n) is 4.72. The van der Waals surface area contributed by atoms with Gasteiger partial charge in [0, 0.05) is 9.35 Å². The van der Waals surface area contributed by atoms with Gasteiger partial charge in [0.05, 0.1) is 11.5 Å². The number of nitriles is 1. The van der Waals surface area contributed by atoms with Crippen molar-refractivity contribution in [3.63, 3.8) is 0 Å². The Hall–Kier alpha value is -0.370. The second-order valence-corrected chi connectivity index (χ2v) is 6.52. The number of aliphatic hydroxyl groups is 1. The van der Waals surface area contributed by atoms with Crippen LogP contribution in [0.25, 0.3) is 0 Å². The number of hydrogen-bond acceptors (Lipinski definition) is 3. The molecule has 1 atom stereocenters. The molecule has 0 saturated heterocycles. The van der Waals surface area contributed by atoms with Gasteiger partial charge in [0.1, 0.15) is 6.10 Å². The molecule has 92 valence electrons. The molecule has 0 aliphatic heterocycles. The minimum Gasteiger partial charge on any atom is -0.386 e. The molecule has 1 unspecified atom stereocenters. The van der Waals surface area contributed by atoms with Gasteiger partial charge in [0.25, 0.3) is 0 Å². The summed E-state index contributed by atoms with van der Waals surface area (Å²) in [6.07, 6.45) is 5.44. The van der Waals surface area contributed by atoms with E-state index >= 15 is 0 Å². The lowest BCUT2D eigenvalue weighted by molar-refractivity contribution is 0.0541. The summed E-state index contributed by atoms with van der Waals surface area (Å²) in [5.41, 5.74) is -0.579. The van der Waals surface area contributed by atoms with Crippen molar-refractivity contribution in [1.29, 1.82) is 5.26 Å². The van der Waals surface area contributed by atoms with Crippen LogP contribution in [-0.4, -0.2) is 5.11 Å². The van der Waals surface area contributed by atoms with E-state index in [1.165, 1.54) is 24.2 Å². The van der Waals surface area contributed by atoms with Gasteiger partial charge in [-0.2, -0.15) is 5.26 Å². The molecule has 17 heavy (non-hydrogen) atoms. The van der Waals surface area contributed by atoms with Crippen LogP contribution in [0.3, 0.4) is 0 Å². The zero-order valence-electron chi connectivity index (χ0n) is 9.66. The highest BCUT2D eigenvalue weighted by Gasteiger charge is 2.40. The highest BCUT2D eigenvalue weighted by Crippen LogP contribution is 2.47. The largest absolute Gasteiger partial charge is 0.386 e. The monoisotopic (exact) mass is 313 g/mol. The summed E-state index contributed by atoms with van der Waals surface area (Å²) < 4.78 is 0.925. The van der Waals surface area contributed by atoms with E-state index in [4.69, 9.17) is 0 Å².